The lowest BCUT2D eigenvalue weighted by atomic mass is 10.1. The monoisotopic (exact) mass is 340 g/mol. The van der Waals surface area contributed by atoms with Crippen molar-refractivity contribution in [3.05, 3.63) is 63.5 Å². The van der Waals surface area contributed by atoms with E-state index in [-0.39, 0.29) is 0 Å². The van der Waals surface area contributed by atoms with E-state index in [0.29, 0.717) is 5.02 Å². The molecule has 0 unspecified atom stereocenters. The lowest BCUT2D eigenvalue weighted by molar-refractivity contribution is 0.414. The molecule has 0 bridgehead atoms. The van der Waals surface area contributed by atoms with Gasteiger partial charge in [-0.15, -0.1) is 0 Å². The minimum Gasteiger partial charge on any atom is -0.497 e. The van der Waals surface area contributed by atoms with Gasteiger partial charge in [0.25, 0.3) is 0 Å². The molecule has 1 aromatic heterocycles. The predicted molar refractivity (Wildman–Crippen MR) is 95.6 cm³/mol. The van der Waals surface area contributed by atoms with Crippen molar-refractivity contribution in [2.75, 3.05) is 7.11 Å². The van der Waals surface area contributed by atoms with E-state index in [2.05, 4.69) is 22.1 Å². The quantitative estimate of drug-likeness (QED) is 0.485. The highest BCUT2D eigenvalue weighted by molar-refractivity contribution is 7.15. The fourth-order valence-electron chi connectivity index (χ4n) is 2.69. The van der Waals surface area contributed by atoms with Gasteiger partial charge in [0, 0.05) is 28.1 Å². The van der Waals surface area contributed by atoms with Gasteiger partial charge in [-0.3, -0.25) is 0 Å². The van der Waals surface area contributed by atoms with Crippen LogP contribution in [0.15, 0.2) is 47.5 Å². The Labute approximate surface area is 143 Å². The number of benzene rings is 2. The molecule has 0 saturated heterocycles. The van der Waals surface area contributed by atoms with Gasteiger partial charge >= 0.3 is 0 Å². The molecule has 23 heavy (non-hydrogen) atoms. The van der Waals surface area contributed by atoms with Gasteiger partial charge < -0.3 is 4.74 Å². The molecule has 0 radical (unpaired) electrons. The molecule has 1 heterocycles. The van der Waals surface area contributed by atoms with Crippen LogP contribution in [-0.2, 0) is 6.42 Å². The van der Waals surface area contributed by atoms with Gasteiger partial charge in [-0.05, 0) is 41.5 Å². The fraction of sp³-hybridized carbons (Fsp3) is 0.111. The second-order valence-electron chi connectivity index (χ2n) is 5.28. The lowest BCUT2D eigenvalue weighted by Gasteiger charge is -2.03. The zero-order valence-corrected chi connectivity index (χ0v) is 14.0. The van der Waals surface area contributed by atoms with Crippen molar-refractivity contribution >= 4 is 34.3 Å². The summed E-state index contributed by atoms with van der Waals surface area (Å²) in [4.78, 5) is 10.4. The standard InChI is InChI=1S/C18H13ClN2OS/c1-22-14-5-6-15-12(8-14)9-16-17(15)21-18(23-16)20-10-11-3-2-4-13(19)7-11/h2-8,10H,9H2,1H3/b20-10+. The van der Waals surface area contributed by atoms with Crippen molar-refractivity contribution < 1.29 is 4.74 Å². The molecule has 3 aromatic rings. The molecule has 4 rings (SSSR count). The molecule has 5 heteroatoms. The molecule has 3 nitrogen and oxygen atoms in total. The summed E-state index contributed by atoms with van der Waals surface area (Å²) in [6.45, 7) is 0. The highest BCUT2D eigenvalue weighted by Gasteiger charge is 2.23. The van der Waals surface area contributed by atoms with Crippen LogP contribution in [0.3, 0.4) is 0 Å². The van der Waals surface area contributed by atoms with Crippen LogP contribution in [0, 0.1) is 0 Å². The Balaban J connectivity index is 1.63. The highest BCUT2D eigenvalue weighted by atomic mass is 35.5. The van der Waals surface area contributed by atoms with Crippen molar-refractivity contribution in [3.8, 4) is 17.0 Å². The van der Waals surface area contributed by atoms with E-state index in [9.17, 15) is 0 Å². The first kappa shape index (κ1) is 14.4. The molecule has 0 N–H and O–H groups in total. The van der Waals surface area contributed by atoms with Crippen LogP contribution < -0.4 is 4.74 Å². The van der Waals surface area contributed by atoms with E-state index in [1.807, 2.05) is 30.3 Å². The predicted octanol–water partition coefficient (Wildman–Crippen LogP) is 5.13. The third kappa shape index (κ3) is 2.76. The van der Waals surface area contributed by atoms with Crippen molar-refractivity contribution in [3.63, 3.8) is 0 Å². The summed E-state index contributed by atoms with van der Waals surface area (Å²) < 4.78 is 5.28. The Morgan fingerprint density at radius 2 is 2.17 bits per heavy atom. The van der Waals surface area contributed by atoms with Crippen molar-refractivity contribution in [2.24, 2.45) is 4.99 Å². The highest BCUT2D eigenvalue weighted by Crippen LogP contribution is 2.42. The Morgan fingerprint density at radius 3 is 3.00 bits per heavy atom. The molecule has 114 valence electrons. The van der Waals surface area contributed by atoms with Gasteiger partial charge in [-0.2, -0.15) is 0 Å². The van der Waals surface area contributed by atoms with E-state index < -0.39 is 0 Å². The van der Waals surface area contributed by atoms with Crippen LogP contribution >= 0.6 is 22.9 Å². The number of nitrogens with zero attached hydrogens (tertiary/aromatic N) is 2. The van der Waals surface area contributed by atoms with Crippen LogP contribution in [-0.4, -0.2) is 18.3 Å². The summed E-state index contributed by atoms with van der Waals surface area (Å²) in [5.74, 6) is 0.887. The maximum atomic E-state index is 5.98. The van der Waals surface area contributed by atoms with E-state index in [1.165, 1.54) is 16.0 Å². The number of halogens is 1. The maximum Gasteiger partial charge on any atom is 0.209 e. The lowest BCUT2D eigenvalue weighted by Crippen LogP contribution is -1.86. The zero-order chi connectivity index (χ0) is 15.8. The average molecular weight is 341 g/mol. The third-order valence-electron chi connectivity index (χ3n) is 3.78. The summed E-state index contributed by atoms with van der Waals surface area (Å²) in [6, 6.07) is 13.7. The molecule has 0 amide bonds. The minimum atomic E-state index is 0.707. The van der Waals surface area contributed by atoms with Gasteiger partial charge in [0.2, 0.25) is 5.13 Å². The van der Waals surface area contributed by atoms with Gasteiger partial charge in [0.1, 0.15) is 5.75 Å². The Hall–Kier alpha value is -2.17. The number of ether oxygens (including phenoxy) is 1. The normalized spacial score (nSPS) is 12.4. The first-order chi connectivity index (χ1) is 11.2. The van der Waals surface area contributed by atoms with Gasteiger partial charge in [-0.1, -0.05) is 35.1 Å². The summed E-state index contributed by atoms with van der Waals surface area (Å²) in [7, 11) is 1.69. The Morgan fingerprint density at radius 1 is 1.26 bits per heavy atom. The first-order valence-electron chi connectivity index (χ1n) is 7.19. The molecule has 0 saturated carbocycles. The second kappa shape index (κ2) is 5.80. The van der Waals surface area contributed by atoms with Crippen LogP contribution in [0.5, 0.6) is 5.75 Å². The van der Waals surface area contributed by atoms with Gasteiger partial charge in [0.05, 0.1) is 12.8 Å². The first-order valence-corrected chi connectivity index (χ1v) is 8.39. The Kier molecular flexibility index (Phi) is 3.63. The number of hydrogen-bond acceptors (Lipinski definition) is 4. The Bertz CT molecular complexity index is 917. The van der Waals surface area contributed by atoms with E-state index in [0.717, 1.165) is 28.6 Å². The maximum absolute atomic E-state index is 5.98. The SMILES string of the molecule is COc1ccc2c(c1)Cc1sc(/N=C/c3cccc(Cl)c3)nc1-2. The largest absolute Gasteiger partial charge is 0.497 e. The van der Waals surface area contributed by atoms with E-state index in [1.54, 1.807) is 24.7 Å². The number of methoxy groups -OCH3 is 1. The zero-order valence-electron chi connectivity index (χ0n) is 12.4. The summed E-state index contributed by atoms with van der Waals surface area (Å²) >= 11 is 7.62. The van der Waals surface area contributed by atoms with Crippen molar-refractivity contribution in [2.45, 2.75) is 6.42 Å². The summed E-state index contributed by atoms with van der Waals surface area (Å²) in [6.07, 6.45) is 2.70. The number of aliphatic imine (C=N–C) groups is 1. The van der Waals surface area contributed by atoms with Crippen molar-refractivity contribution in [1.82, 2.24) is 4.98 Å². The van der Waals surface area contributed by atoms with Crippen LogP contribution in [0.1, 0.15) is 16.0 Å². The molecular weight excluding hydrogens is 328 g/mol. The smallest absolute Gasteiger partial charge is 0.209 e. The summed E-state index contributed by atoms with van der Waals surface area (Å²) in [5.41, 5.74) is 4.47. The fourth-order valence-corrected chi connectivity index (χ4v) is 3.83. The van der Waals surface area contributed by atoms with Crippen molar-refractivity contribution in [1.29, 1.82) is 0 Å². The number of fused-ring (bicyclic) bond motifs is 3. The molecule has 2 aromatic carbocycles. The average Bonchev–Trinajstić information content (AvgIpc) is 3.09. The minimum absolute atomic E-state index is 0.707. The molecule has 1 aliphatic carbocycles. The van der Waals surface area contributed by atoms with Crippen LogP contribution in [0.25, 0.3) is 11.3 Å². The van der Waals surface area contributed by atoms with Crippen LogP contribution in [0.4, 0.5) is 5.13 Å². The van der Waals surface area contributed by atoms with E-state index >= 15 is 0 Å². The number of hydrogen-bond donors (Lipinski definition) is 0. The van der Waals surface area contributed by atoms with Gasteiger partial charge in [0.15, 0.2) is 0 Å². The molecule has 0 spiro atoms. The topological polar surface area (TPSA) is 34.5 Å². The number of rotatable bonds is 3. The molecule has 0 atom stereocenters. The van der Waals surface area contributed by atoms with Crippen LogP contribution in [0.2, 0.25) is 5.02 Å². The number of thiazole rings is 1. The second-order valence-corrected chi connectivity index (χ2v) is 6.78. The molecule has 0 fully saturated rings. The van der Waals surface area contributed by atoms with E-state index in [4.69, 9.17) is 16.3 Å². The third-order valence-corrected chi connectivity index (χ3v) is 4.98. The molecular formula is C18H13ClN2OS. The molecule has 0 aliphatic heterocycles. The molecule has 1 aliphatic rings. The van der Waals surface area contributed by atoms with Gasteiger partial charge in [-0.25, -0.2) is 9.98 Å². The number of aromatic nitrogens is 1. The summed E-state index contributed by atoms with van der Waals surface area (Å²) in [5, 5.41) is 1.48.